The first-order chi connectivity index (χ1) is 9.55. The molecule has 1 fully saturated rings. The highest BCUT2D eigenvalue weighted by Crippen LogP contribution is 2.46. The van der Waals surface area contributed by atoms with Gasteiger partial charge in [0, 0.05) is 7.05 Å². The van der Waals surface area contributed by atoms with Crippen molar-refractivity contribution in [3.63, 3.8) is 0 Å². The summed E-state index contributed by atoms with van der Waals surface area (Å²) in [6, 6.07) is 8.99. The summed E-state index contributed by atoms with van der Waals surface area (Å²) in [5.74, 6) is 0.0884. The van der Waals surface area contributed by atoms with Gasteiger partial charge in [0.05, 0.1) is 6.54 Å². The number of nitrogens with one attached hydrogen (secondary N) is 1. The topological polar surface area (TPSA) is 32.3 Å². The van der Waals surface area contributed by atoms with E-state index in [9.17, 15) is 4.79 Å². The van der Waals surface area contributed by atoms with Crippen molar-refractivity contribution in [3.8, 4) is 0 Å². The third-order valence-electron chi connectivity index (χ3n) is 4.64. The fourth-order valence-electron chi connectivity index (χ4n) is 3.00. The largest absolute Gasteiger partial charge is 0.358 e. The molecule has 0 bridgehead atoms. The van der Waals surface area contributed by atoms with Gasteiger partial charge >= 0.3 is 0 Å². The van der Waals surface area contributed by atoms with Crippen LogP contribution in [0.25, 0.3) is 0 Å². The zero-order valence-electron chi connectivity index (χ0n) is 12.9. The van der Waals surface area contributed by atoms with E-state index in [2.05, 4.69) is 41.4 Å². The molecule has 2 rings (SSSR count). The van der Waals surface area contributed by atoms with Crippen LogP contribution in [0.4, 0.5) is 0 Å². The van der Waals surface area contributed by atoms with Crippen molar-refractivity contribution >= 4 is 5.91 Å². The Balaban J connectivity index is 1.95. The van der Waals surface area contributed by atoms with E-state index in [0.29, 0.717) is 12.0 Å². The van der Waals surface area contributed by atoms with Gasteiger partial charge in [-0.3, -0.25) is 9.69 Å². The van der Waals surface area contributed by atoms with E-state index in [1.54, 1.807) is 7.05 Å². The Bertz CT molecular complexity index is 449. The predicted octanol–water partition coefficient (Wildman–Crippen LogP) is 2.48. The average molecular weight is 274 g/mol. The number of hydrogen-bond donors (Lipinski definition) is 1. The second kappa shape index (κ2) is 6.40. The summed E-state index contributed by atoms with van der Waals surface area (Å²) < 4.78 is 0. The highest BCUT2D eigenvalue weighted by atomic mass is 16.1. The number of likely N-dealkylation sites (N-methyl/N-ethyl adjacent to an activating group) is 2. The van der Waals surface area contributed by atoms with Crippen molar-refractivity contribution in [1.29, 1.82) is 0 Å². The van der Waals surface area contributed by atoms with E-state index in [1.807, 2.05) is 7.05 Å². The molecule has 1 saturated carbocycles. The zero-order valence-corrected chi connectivity index (χ0v) is 12.9. The Kier molecular flexibility index (Phi) is 4.81. The molecule has 1 aliphatic rings. The molecule has 0 aromatic heterocycles. The number of rotatable bonds is 6. The van der Waals surface area contributed by atoms with Crippen LogP contribution >= 0.6 is 0 Å². The highest BCUT2D eigenvalue weighted by molar-refractivity contribution is 5.77. The van der Waals surface area contributed by atoms with Gasteiger partial charge in [-0.15, -0.1) is 0 Å². The molecule has 0 aliphatic heterocycles. The van der Waals surface area contributed by atoms with Crippen LogP contribution in [0.1, 0.15) is 36.8 Å². The van der Waals surface area contributed by atoms with Gasteiger partial charge in [-0.1, -0.05) is 36.2 Å². The summed E-state index contributed by atoms with van der Waals surface area (Å²) >= 11 is 0. The molecule has 3 nitrogen and oxygen atoms in total. The SMILES string of the molecule is CNC(=O)CN(C)CCC1(c2ccc(C)cc2)CCC1. The van der Waals surface area contributed by atoms with Gasteiger partial charge in [0.1, 0.15) is 0 Å². The summed E-state index contributed by atoms with van der Waals surface area (Å²) in [5.41, 5.74) is 3.15. The molecule has 20 heavy (non-hydrogen) atoms. The van der Waals surface area contributed by atoms with Crippen LogP contribution in [0.2, 0.25) is 0 Å². The fourth-order valence-corrected chi connectivity index (χ4v) is 3.00. The van der Waals surface area contributed by atoms with E-state index < -0.39 is 0 Å². The van der Waals surface area contributed by atoms with E-state index in [-0.39, 0.29) is 5.91 Å². The van der Waals surface area contributed by atoms with Crippen LogP contribution in [0.15, 0.2) is 24.3 Å². The molecular formula is C17H26N2O. The first kappa shape index (κ1) is 15.0. The highest BCUT2D eigenvalue weighted by Gasteiger charge is 2.38. The van der Waals surface area contributed by atoms with Crippen LogP contribution in [-0.4, -0.2) is 38.0 Å². The van der Waals surface area contributed by atoms with E-state index >= 15 is 0 Å². The summed E-state index contributed by atoms with van der Waals surface area (Å²) in [6.07, 6.45) is 5.03. The standard InChI is InChI=1S/C17H26N2O/c1-14-5-7-15(8-6-14)17(9-4-10-17)11-12-19(3)13-16(20)18-2/h5-8H,4,9-13H2,1-3H3,(H,18,20). The molecular weight excluding hydrogens is 248 g/mol. The van der Waals surface area contributed by atoms with Crippen LogP contribution in [0.3, 0.4) is 0 Å². The van der Waals surface area contributed by atoms with Crippen molar-refractivity contribution in [2.24, 2.45) is 0 Å². The Hall–Kier alpha value is -1.35. The predicted molar refractivity (Wildman–Crippen MR) is 82.9 cm³/mol. The number of amides is 1. The van der Waals surface area contributed by atoms with Crippen molar-refractivity contribution in [3.05, 3.63) is 35.4 Å². The number of benzene rings is 1. The Morgan fingerprint density at radius 3 is 2.45 bits per heavy atom. The zero-order chi connectivity index (χ0) is 14.6. The van der Waals surface area contributed by atoms with Crippen molar-refractivity contribution in [2.75, 3.05) is 27.2 Å². The average Bonchev–Trinajstić information content (AvgIpc) is 2.39. The summed E-state index contributed by atoms with van der Waals surface area (Å²) in [7, 11) is 3.71. The third-order valence-corrected chi connectivity index (χ3v) is 4.64. The lowest BCUT2D eigenvalue weighted by molar-refractivity contribution is -0.121. The van der Waals surface area contributed by atoms with Crippen LogP contribution in [0.5, 0.6) is 0 Å². The molecule has 110 valence electrons. The van der Waals surface area contributed by atoms with Crippen molar-refractivity contribution in [1.82, 2.24) is 10.2 Å². The summed E-state index contributed by atoms with van der Waals surface area (Å²) in [6.45, 7) is 3.59. The van der Waals surface area contributed by atoms with Crippen molar-refractivity contribution < 1.29 is 4.79 Å². The minimum absolute atomic E-state index is 0.0884. The second-order valence-electron chi connectivity index (χ2n) is 6.16. The Labute approximate surface area is 122 Å². The van der Waals surface area contributed by atoms with E-state index in [1.165, 1.54) is 30.4 Å². The van der Waals surface area contributed by atoms with Crippen LogP contribution in [0, 0.1) is 6.92 Å². The van der Waals surface area contributed by atoms with Gasteiger partial charge in [0.2, 0.25) is 5.91 Å². The summed E-state index contributed by atoms with van der Waals surface area (Å²) in [5, 5.41) is 2.68. The lowest BCUT2D eigenvalue weighted by atomic mass is 9.62. The first-order valence-electron chi connectivity index (χ1n) is 7.52. The maximum Gasteiger partial charge on any atom is 0.233 e. The van der Waals surface area contributed by atoms with Gasteiger partial charge in [-0.25, -0.2) is 0 Å². The maximum atomic E-state index is 11.4. The normalized spacial score (nSPS) is 16.8. The molecule has 1 aromatic carbocycles. The number of hydrogen-bond acceptors (Lipinski definition) is 2. The lowest BCUT2D eigenvalue weighted by Gasteiger charge is -2.43. The van der Waals surface area contributed by atoms with Gasteiger partial charge in [0.15, 0.2) is 0 Å². The van der Waals surface area contributed by atoms with Crippen LogP contribution < -0.4 is 5.32 Å². The molecule has 0 saturated heterocycles. The quantitative estimate of drug-likeness (QED) is 0.864. The van der Waals surface area contributed by atoms with E-state index in [0.717, 1.165) is 13.0 Å². The smallest absolute Gasteiger partial charge is 0.233 e. The van der Waals surface area contributed by atoms with Gasteiger partial charge < -0.3 is 5.32 Å². The molecule has 1 aliphatic carbocycles. The molecule has 0 spiro atoms. The van der Waals surface area contributed by atoms with Crippen molar-refractivity contribution in [2.45, 2.75) is 38.0 Å². The molecule has 0 radical (unpaired) electrons. The molecule has 0 heterocycles. The Morgan fingerprint density at radius 2 is 1.95 bits per heavy atom. The molecule has 0 atom stereocenters. The molecule has 1 amide bonds. The Morgan fingerprint density at radius 1 is 1.30 bits per heavy atom. The number of nitrogens with zero attached hydrogens (tertiary/aromatic N) is 1. The van der Waals surface area contributed by atoms with E-state index in [4.69, 9.17) is 0 Å². The monoisotopic (exact) mass is 274 g/mol. The number of aryl methyl sites for hydroxylation is 1. The molecule has 3 heteroatoms. The van der Waals surface area contributed by atoms with Gasteiger partial charge in [-0.2, -0.15) is 0 Å². The van der Waals surface area contributed by atoms with Gasteiger partial charge in [-0.05, 0) is 50.8 Å². The summed E-state index contributed by atoms with van der Waals surface area (Å²) in [4.78, 5) is 13.5. The molecule has 1 N–H and O–H groups in total. The molecule has 0 unspecified atom stereocenters. The number of carbonyl (C=O) groups is 1. The fraction of sp³-hybridized carbons (Fsp3) is 0.588. The minimum Gasteiger partial charge on any atom is -0.358 e. The van der Waals surface area contributed by atoms with Crippen LogP contribution in [-0.2, 0) is 10.2 Å². The van der Waals surface area contributed by atoms with Gasteiger partial charge in [0.25, 0.3) is 0 Å². The minimum atomic E-state index is 0.0884. The number of carbonyl (C=O) groups excluding carboxylic acids is 1. The third kappa shape index (κ3) is 3.40. The lowest BCUT2D eigenvalue weighted by Crippen LogP contribution is -2.40. The first-order valence-corrected chi connectivity index (χ1v) is 7.52. The second-order valence-corrected chi connectivity index (χ2v) is 6.16. The molecule has 1 aromatic rings. The maximum absolute atomic E-state index is 11.4.